The van der Waals surface area contributed by atoms with E-state index in [2.05, 4.69) is 64.8 Å². The van der Waals surface area contributed by atoms with Crippen molar-refractivity contribution in [3.05, 3.63) is 65.6 Å². The summed E-state index contributed by atoms with van der Waals surface area (Å²) in [5.74, 6) is 0. The van der Waals surface area contributed by atoms with Crippen LogP contribution in [0.5, 0.6) is 0 Å². The number of rotatable bonds is 5. The maximum atomic E-state index is 4.31. The van der Waals surface area contributed by atoms with Crippen molar-refractivity contribution < 1.29 is 0 Å². The Hall–Kier alpha value is -2.66. The molecule has 0 aliphatic heterocycles. The number of H-pyrrole nitrogens is 1. The van der Waals surface area contributed by atoms with Crippen LogP contribution in [0.1, 0.15) is 29.7 Å². The lowest BCUT2D eigenvalue weighted by molar-refractivity contribution is 0.580. The number of aryl methyl sites for hydroxylation is 1. The van der Waals surface area contributed by atoms with Crippen LogP contribution in [0.15, 0.2) is 48.9 Å². The molecule has 0 saturated heterocycles. The molecule has 1 unspecified atom stereocenters. The van der Waals surface area contributed by atoms with Crippen molar-refractivity contribution >= 4 is 16.4 Å². The Kier molecular flexibility index (Phi) is 3.78. The van der Waals surface area contributed by atoms with E-state index in [9.17, 15) is 0 Å². The number of nitrogens with zero attached hydrogens (tertiary/aromatic N) is 3. The molecule has 2 N–H and O–H groups in total. The lowest BCUT2D eigenvalue weighted by atomic mass is 10.1. The summed E-state index contributed by atoms with van der Waals surface area (Å²) in [6.45, 7) is 5.20. The minimum Gasteiger partial charge on any atom is -0.361 e. The summed E-state index contributed by atoms with van der Waals surface area (Å²) in [6, 6.07) is 10.8. The van der Waals surface area contributed by atoms with Crippen LogP contribution in [0.25, 0.3) is 16.4 Å². The van der Waals surface area contributed by atoms with Crippen LogP contribution in [0.4, 0.5) is 0 Å². The van der Waals surface area contributed by atoms with E-state index in [1.165, 1.54) is 27.6 Å². The molecular weight excluding hydrogens is 298 g/mol. The molecule has 0 amide bonds. The van der Waals surface area contributed by atoms with Crippen LogP contribution in [-0.2, 0) is 6.42 Å². The molecule has 0 bridgehead atoms. The summed E-state index contributed by atoms with van der Waals surface area (Å²) < 4.78 is 1.68. The number of nitrogens with one attached hydrogen (secondary N) is 2. The number of aromatic nitrogens is 4. The van der Waals surface area contributed by atoms with E-state index in [1.54, 1.807) is 10.8 Å². The fraction of sp³-hybridized carbons (Fsp3) is 0.263. The van der Waals surface area contributed by atoms with Gasteiger partial charge in [0.1, 0.15) is 0 Å². The highest BCUT2D eigenvalue weighted by molar-refractivity contribution is 5.83. The summed E-state index contributed by atoms with van der Waals surface area (Å²) in [5, 5.41) is 13.4. The Morgan fingerprint density at radius 2 is 2.17 bits per heavy atom. The number of hydrogen-bond acceptors (Lipinski definition) is 3. The maximum absolute atomic E-state index is 4.31. The zero-order valence-electron chi connectivity index (χ0n) is 14.0. The van der Waals surface area contributed by atoms with Crippen molar-refractivity contribution in [1.82, 2.24) is 25.1 Å². The first-order chi connectivity index (χ1) is 11.7. The van der Waals surface area contributed by atoms with Crippen LogP contribution in [0.3, 0.4) is 0 Å². The number of aromatic amines is 1. The highest BCUT2D eigenvalue weighted by atomic mass is 15.4. The van der Waals surface area contributed by atoms with E-state index < -0.39 is 0 Å². The van der Waals surface area contributed by atoms with Gasteiger partial charge in [-0.1, -0.05) is 12.1 Å². The molecule has 0 fully saturated rings. The van der Waals surface area contributed by atoms with E-state index in [-0.39, 0.29) is 6.04 Å². The smallest absolute Gasteiger partial charge is 0.0920 e. The van der Waals surface area contributed by atoms with Gasteiger partial charge in [-0.25, -0.2) is 0 Å². The minimum atomic E-state index is 0.235. The zero-order chi connectivity index (χ0) is 16.5. The third-order valence-electron chi connectivity index (χ3n) is 4.57. The first-order valence-electron chi connectivity index (χ1n) is 8.31. The van der Waals surface area contributed by atoms with Crippen molar-refractivity contribution in [2.45, 2.75) is 26.3 Å². The second-order valence-electron chi connectivity index (χ2n) is 6.29. The third-order valence-corrected chi connectivity index (χ3v) is 4.57. The van der Waals surface area contributed by atoms with Crippen LogP contribution >= 0.6 is 0 Å². The summed E-state index contributed by atoms with van der Waals surface area (Å²) >= 11 is 0. The number of hydrogen-bond donors (Lipinski definition) is 2. The Morgan fingerprint density at radius 1 is 1.25 bits per heavy atom. The highest BCUT2D eigenvalue weighted by Gasteiger charge is 2.12. The first-order valence-corrected chi connectivity index (χ1v) is 8.31. The molecule has 1 aromatic carbocycles. The summed E-state index contributed by atoms with van der Waals surface area (Å²) in [5.41, 5.74) is 6.08. The van der Waals surface area contributed by atoms with Gasteiger partial charge in [0, 0.05) is 34.9 Å². The molecule has 24 heavy (non-hydrogen) atoms. The van der Waals surface area contributed by atoms with E-state index in [4.69, 9.17) is 0 Å². The number of benzene rings is 1. The van der Waals surface area contributed by atoms with Crippen molar-refractivity contribution in [2.24, 2.45) is 0 Å². The lowest BCUT2D eigenvalue weighted by Gasteiger charge is -2.12. The maximum Gasteiger partial charge on any atom is 0.0920 e. The molecule has 5 heteroatoms. The first kappa shape index (κ1) is 14.9. The Bertz CT molecular complexity index is 982. The molecule has 4 rings (SSSR count). The van der Waals surface area contributed by atoms with Gasteiger partial charge >= 0.3 is 0 Å². The molecule has 3 heterocycles. The largest absolute Gasteiger partial charge is 0.361 e. The molecule has 0 aliphatic carbocycles. The Labute approximate surface area is 140 Å². The molecule has 0 radical (unpaired) electrons. The van der Waals surface area contributed by atoms with Crippen molar-refractivity contribution in [3.8, 4) is 0 Å². The topological polar surface area (TPSA) is 58.0 Å². The summed E-state index contributed by atoms with van der Waals surface area (Å²) in [7, 11) is 0. The zero-order valence-corrected chi connectivity index (χ0v) is 14.0. The van der Waals surface area contributed by atoms with Crippen LogP contribution < -0.4 is 5.32 Å². The van der Waals surface area contributed by atoms with Gasteiger partial charge in [0.25, 0.3) is 0 Å². The van der Waals surface area contributed by atoms with Gasteiger partial charge < -0.3 is 10.3 Å². The molecule has 5 nitrogen and oxygen atoms in total. The molecule has 0 saturated carbocycles. The molecular formula is C19H21N5. The Morgan fingerprint density at radius 3 is 3.08 bits per heavy atom. The average Bonchev–Trinajstić information content (AvgIpc) is 3.18. The van der Waals surface area contributed by atoms with Crippen LogP contribution in [0, 0.1) is 6.92 Å². The molecule has 0 spiro atoms. The normalized spacial score (nSPS) is 12.9. The Balaban J connectivity index is 1.45. The fourth-order valence-corrected chi connectivity index (χ4v) is 3.23. The van der Waals surface area contributed by atoms with Gasteiger partial charge in [0.05, 0.1) is 11.7 Å². The molecule has 1 atom stereocenters. The van der Waals surface area contributed by atoms with Gasteiger partial charge in [0.15, 0.2) is 0 Å². The SMILES string of the molecule is Cc1ccc2c(CCNC(C)c3cnn4ncccc34)c[nH]c2c1. The second kappa shape index (κ2) is 6.09. The van der Waals surface area contributed by atoms with E-state index in [1.807, 2.05) is 12.3 Å². The second-order valence-corrected chi connectivity index (χ2v) is 6.29. The third kappa shape index (κ3) is 2.67. The predicted octanol–water partition coefficient (Wildman–Crippen LogP) is 3.41. The average molecular weight is 319 g/mol. The van der Waals surface area contributed by atoms with Gasteiger partial charge in [-0.15, -0.1) is 0 Å². The van der Waals surface area contributed by atoms with Crippen LogP contribution in [-0.4, -0.2) is 26.4 Å². The molecule has 3 aromatic heterocycles. The quantitative estimate of drug-likeness (QED) is 0.592. The van der Waals surface area contributed by atoms with E-state index in [0.29, 0.717) is 0 Å². The predicted molar refractivity (Wildman–Crippen MR) is 96.1 cm³/mol. The fourth-order valence-electron chi connectivity index (χ4n) is 3.23. The van der Waals surface area contributed by atoms with Gasteiger partial charge in [-0.2, -0.15) is 14.8 Å². The molecule has 122 valence electrons. The minimum absolute atomic E-state index is 0.235. The highest BCUT2D eigenvalue weighted by Crippen LogP contribution is 2.21. The van der Waals surface area contributed by atoms with Gasteiger partial charge in [-0.05, 0) is 56.1 Å². The lowest BCUT2D eigenvalue weighted by Crippen LogP contribution is -2.21. The summed E-state index contributed by atoms with van der Waals surface area (Å²) in [6.07, 6.45) is 6.76. The van der Waals surface area contributed by atoms with Crippen molar-refractivity contribution in [3.63, 3.8) is 0 Å². The van der Waals surface area contributed by atoms with Gasteiger partial charge in [0.2, 0.25) is 0 Å². The van der Waals surface area contributed by atoms with Gasteiger partial charge in [-0.3, -0.25) is 0 Å². The van der Waals surface area contributed by atoms with Crippen LogP contribution in [0.2, 0.25) is 0 Å². The van der Waals surface area contributed by atoms with Crippen molar-refractivity contribution in [2.75, 3.05) is 6.54 Å². The van der Waals surface area contributed by atoms with Crippen molar-refractivity contribution in [1.29, 1.82) is 0 Å². The monoisotopic (exact) mass is 319 g/mol. The standard InChI is InChI=1S/C19H21N5/c1-13-5-6-16-15(11-21-18(16)10-13)7-9-20-14(2)17-12-23-24-19(17)4-3-8-22-24/h3-6,8,10-12,14,20-21H,7,9H2,1-2H3. The molecule has 0 aliphatic rings. The van der Waals surface area contributed by atoms with E-state index in [0.717, 1.165) is 18.5 Å². The number of fused-ring (bicyclic) bond motifs is 2. The summed E-state index contributed by atoms with van der Waals surface area (Å²) in [4.78, 5) is 3.37. The molecule has 4 aromatic rings. The van der Waals surface area contributed by atoms with E-state index >= 15 is 0 Å².